The lowest BCUT2D eigenvalue weighted by molar-refractivity contribution is -0.136. The third kappa shape index (κ3) is 5.33. The average molecular weight is 423 g/mol. The SMILES string of the molecule is CCOCCN(CC)c1ccc(-c2ccc3c(c2)C=C(C(=O)OC)CCN3C=O)cc1. The summed E-state index contributed by atoms with van der Waals surface area (Å²) in [5.41, 5.74) is 5.44. The van der Waals surface area contributed by atoms with Gasteiger partial charge in [0.1, 0.15) is 0 Å². The lowest BCUT2D eigenvalue weighted by Crippen LogP contribution is -2.27. The van der Waals surface area contributed by atoms with Gasteiger partial charge in [-0.25, -0.2) is 4.79 Å². The molecule has 1 heterocycles. The van der Waals surface area contributed by atoms with Crippen molar-refractivity contribution in [3.63, 3.8) is 0 Å². The summed E-state index contributed by atoms with van der Waals surface area (Å²) < 4.78 is 10.4. The van der Waals surface area contributed by atoms with Crippen LogP contribution in [0.1, 0.15) is 25.8 Å². The molecule has 164 valence electrons. The normalized spacial score (nSPS) is 13.1. The van der Waals surface area contributed by atoms with Crippen molar-refractivity contribution in [1.82, 2.24) is 0 Å². The minimum absolute atomic E-state index is 0.361. The Labute approximate surface area is 184 Å². The average Bonchev–Trinajstić information content (AvgIpc) is 3.00. The summed E-state index contributed by atoms with van der Waals surface area (Å²) in [6, 6.07) is 14.4. The predicted octanol–water partition coefficient (Wildman–Crippen LogP) is 4.14. The highest BCUT2D eigenvalue weighted by Crippen LogP contribution is 2.32. The van der Waals surface area contributed by atoms with Crippen LogP contribution in [0.25, 0.3) is 17.2 Å². The first-order valence-electron chi connectivity index (χ1n) is 10.7. The van der Waals surface area contributed by atoms with Gasteiger partial charge in [-0.1, -0.05) is 18.2 Å². The minimum Gasteiger partial charge on any atom is -0.466 e. The number of ether oxygens (including phenoxy) is 2. The van der Waals surface area contributed by atoms with Crippen LogP contribution in [0.5, 0.6) is 0 Å². The van der Waals surface area contributed by atoms with Crippen LogP contribution >= 0.6 is 0 Å². The van der Waals surface area contributed by atoms with Crippen molar-refractivity contribution in [3.05, 3.63) is 53.6 Å². The molecule has 0 saturated heterocycles. The molecule has 31 heavy (non-hydrogen) atoms. The van der Waals surface area contributed by atoms with Crippen molar-refractivity contribution in [2.24, 2.45) is 0 Å². The topological polar surface area (TPSA) is 59.1 Å². The number of carbonyl (C=O) groups is 2. The lowest BCUT2D eigenvalue weighted by atomic mass is 10.00. The molecule has 0 radical (unpaired) electrons. The van der Waals surface area contributed by atoms with Crippen molar-refractivity contribution >= 4 is 29.8 Å². The van der Waals surface area contributed by atoms with E-state index in [-0.39, 0.29) is 5.97 Å². The van der Waals surface area contributed by atoms with Gasteiger partial charge in [-0.3, -0.25) is 4.79 Å². The number of hydrogen-bond donors (Lipinski definition) is 0. The highest BCUT2D eigenvalue weighted by atomic mass is 16.5. The largest absolute Gasteiger partial charge is 0.466 e. The van der Waals surface area contributed by atoms with Gasteiger partial charge in [-0.15, -0.1) is 0 Å². The molecule has 0 spiro atoms. The molecule has 2 aromatic carbocycles. The predicted molar refractivity (Wildman–Crippen MR) is 124 cm³/mol. The Morgan fingerprint density at radius 1 is 1.13 bits per heavy atom. The molecule has 0 fully saturated rings. The van der Waals surface area contributed by atoms with E-state index >= 15 is 0 Å². The standard InChI is InChI=1S/C25H30N2O4/c1-4-26(14-15-31-5-2)23-9-6-19(7-10-23)20-8-11-24-22(16-20)17-21(25(29)30-3)12-13-27(24)18-28/h6-11,16-18H,4-5,12-15H2,1-3H3. The van der Waals surface area contributed by atoms with E-state index in [0.29, 0.717) is 25.1 Å². The maximum Gasteiger partial charge on any atom is 0.333 e. The zero-order valence-corrected chi connectivity index (χ0v) is 18.5. The highest BCUT2D eigenvalue weighted by Gasteiger charge is 2.20. The molecular weight excluding hydrogens is 392 g/mol. The van der Waals surface area contributed by atoms with Gasteiger partial charge >= 0.3 is 5.97 Å². The Balaban J connectivity index is 1.89. The Morgan fingerprint density at radius 2 is 1.87 bits per heavy atom. The van der Waals surface area contributed by atoms with Crippen LogP contribution in [0, 0.1) is 0 Å². The number of benzene rings is 2. The fraction of sp³-hybridized carbons (Fsp3) is 0.360. The van der Waals surface area contributed by atoms with E-state index in [4.69, 9.17) is 9.47 Å². The zero-order valence-electron chi connectivity index (χ0n) is 18.5. The molecule has 0 aromatic heterocycles. The highest BCUT2D eigenvalue weighted by molar-refractivity contribution is 5.97. The van der Waals surface area contributed by atoms with Crippen molar-refractivity contribution in [2.45, 2.75) is 20.3 Å². The second kappa shape index (κ2) is 10.8. The van der Waals surface area contributed by atoms with E-state index in [1.165, 1.54) is 7.11 Å². The Kier molecular flexibility index (Phi) is 7.84. The van der Waals surface area contributed by atoms with E-state index in [1.54, 1.807) is 4.90 Å². The minimum atomic E-state index is -0.361. The fourth-order valence-electron chi connectivity index (χ4n) is 3.79. The molecule has 0 bridgehead atoms. The van der Waals surface area contributed by atoms with Crippen LogP contribution in [-0.2, 0) is 19.1 Å². The first-order valence-corrected chi connectivity index (χ1v) is 10.7. The summed E-state index contributed by atoms with van der Waals surface area (Å²) in [6.45, 7) is 7.78. The van der Waals surface area contributed by atoms with Crippen molar-refractivity contribution < 1.29 is 19.1 Å². The van der Waals surface area contributed by atoms with E-state index in [0.717, 1.165) is 54.2 Å². The van der Waals surface area contributed by atoms with Crippen LogP contribution < -0.4 is 9.80 Å². The molecule has 0 atom stereocenters. The summed E-state index contributed by atoms with van der Waals surface area (Å²) in [7, 11) is 1.37. The van der Waals surface area contributed by atoms with Gasteiger partial charge in [0.05, 0.1) is 19.4 Å². The summed E-state index contributed by atoms with van der Waals surface area (Å²) in [5, 5.41) is 0. The summed E-state index contributed by atoms with van der Waals surface area (Å²) in [6.07, 6.45) is 3.09. The van der Waals surface area contributed by atoms with Gasteiger partial charge in [0.25, 0.3) is 0 Å². The van der Waals surface area contributed by atoms with Crippen LogP contribution in [0.15, 0.2) is 48.0 Å². The number of anilines is 2. The van der Waals surface area contributed by atoms with E-state index in [1.807, 2.05) is 31.2 Å². The molecule has 1 amide bonds. The van der Waals surface area contributed by atoms with Crippen LogP contribution in [-0.4, -0.2) is 52.3 Å². The van der Waals surface area contributed by atoms with E-state index in [9.17, 15) is 9.59 Å². The van der Waals surface area contributed by atoms with Crippen molar-refractivity contribution in [2.75, 3.05) is 49.8 Å². The van der Waals surface area contributed by atoms with Gasteiger partial charge in [-0.2, -0.15) is 0 Å². The summed E-state index contributed by atoms with van der Waals surface area (Å²) >= 11 is 0. The van der Waals surface area contributed by atoms with E-state index < -0.39 is 0 Å². The van der Waals surface area contributed by atoms with Gasteiger partial charge in [0.2, 0.25) is 6.41 Å². The Hall–Kier alpha value is -3.12. The van der Waals surface area contributed by atoms with Crippen LogP contribution in [0.4, 0.5) is 11.4 Å². The van der Waals surface area contributed by atoms with Gasteiger partial charge < -0.3 is 19.3 Å². The zero-order chi connectivity index (χ0) is 22.2. The molecule has 0 N–H and O–H groups in total. The molecule has 2 aromatic rings. The maximum atomic E-state index is 12.1. The smallest absolute Gasteiger partial charge is 0.333 e. The summed E-state index contributed by atoms with van der Waals surface area (Å²) in [4.78, 5) is 27.6. The number of rotatable bonds is 9. The second-order valence-electron chi connectivity index (χ2n) is 7.31. The molecule has 1 aliphatic rings. The maximum absolute atomic E-state index is 12.1. The molecule has 0 saturated carbocycles. The first kappa shape index (κ1) is 22.6. The first-order chi connectivity index (χ1) is 15.1. The lowest BCUT2D eigenvalue weighted by Gasteiger charge is -2.23. The van der Waals surface area contributed by atoms with Gasteiger partial charge in [0, 0.05) is 37.5 Å². The van der Waals surface area contributed by atoms with E-state index in [2.05, 4.69) is 36.1 Å². The van der Waals surface area contributed by atoms with Crippen molar-refractivity contribution in [1.29, 1.82) is 0 Å². The quantitative estimate of drug-likeness (QED) is 0.345. The number of esters is 1. The van der Waals surface area contributed by atoms with Crippen LogP contribution in [0.2, 0.25) is 0 Å². The Bertz CT molecular complexity index is 937. The third-order valence-electron chi connectivity index (χ3n) is 5.52. The molecule has 0 unspecified atom stereocenters. The molecule has 3 rings (SSSR count). The molecular formula is C25H30N2O4. The molecule has 0 aliphatic carbocycles. The number of likely N-dealkylation sites (N-methyl/N-ethyl adjacent to an activating group) is 1. The number of amides is 1. The molecule has 6 nitrogen and oxygen atoms in total. The Morgan fingerprint density at radius 3 is 2.52 bits per heavy atom. The fourth-order valence-corrected chi connectivity index (χ4v) is 3.79. The number of hydrogen-bond acceptors (Lipinski definition) is 5. The number of fused-ring (bicyclic) bond motifs is 1. The van der Waals surface area contributed by atoms with Gasteiger partial charge in [0.15, 0.2) is 0 Å². The molecule has 6 heteroatoms. The second-order valence-corrected chi connectivity index (χ2v) is 7.31. The third-order valence-corrected chi connectivity index (χ3v) is 5.52. The monoisotopic (exact) mass is 422 g/mol. The summed E-state index contributed by atoms with van der Waals surface area (Å²) in [5.74, 6) is -0.361. The molecule has 1 aliphatic heterocycles. The van der Waals surface area contributed by atoms with Crippen LogP contribution in [0.3, 0.4) is 0 Å². The number of nitrogens with zero attached hydrogens (tertiary/aromatic N) is 2. The number of methoxy groups -OCH3 is 1. The van der Waals surface area contributed by atoms with Gasteiger partial charge in [-0.05, 0) is 67.3 Å². The van der Waals surface area contributed by atoms with Crippen molar-refractivity contribution in [3.8, 4) is 11.1 Å². The number of carbonyl (C=O) groups excluding carboxylic acids is 2.